The number of hydrogen-bond acceptors (Lipinski definition) is 3. The third kappa shape index (κ3) is 2.79. The number of carboxylic acids is 1. The average molecular weight is 259 g/mol. The minimum atomic E-state index is -1.08. The molecular formula is C13H13N3O3. The lowest BCUT2D eigenvalue weighted by Crippen LogP contribution is -2.15. The number of hydrogen-bond donors (Lipinski definition) is 3. The van der Waals surface area contributed by atoms with Gasteiger partial charge in [-0.1, -0.05) is 11.6 Å². The van der Waals surface area contributed by atoms with Gasteiger partial charge >= 0.3 is 5.97 Å². The number of benzene rings is 1. The second kappa shape index (κ2) is 4.93. The van der Waals surface area contributed by atoms with Gasteiger partial charge in [-0.25, -0.2) is 9.78 Å². The lowest BCUT2D eigenvalue weighted by molar-refractivity contribution is 0.0698. The van der Waals surface area contributed by atoms with E-state index in [0.29, 0.717) is 5.82 Å². The minimum Gasteiger partial charge on any atom is -0.478 e. The second-order valence-electron chi connectivity index (χ2n) is 4.19. The van der Waals surface area contributed by atoms with Crippen LogP contribution in [0.2, 0.25) is 0 Å². The molecule has 0 fully saturated rings. The Hall–Kier alpha value is -2.63. The van der Waals surface area contributed by atoms with E-state index in [9.17, 15) is 9.59 Å². The fourth-order valence-electron chi connectivity index (χ4n) is 1.67. The van der Waals surface area contributed by atoms with Gasteiger partial charge in [-0.05, 0) is 26.0 Å². The zero-order chi connectivity index (χ0) is 14.0. The summed E-state index contributed by atoms with van der Waals surface area (Å²) in [4.78, 5) is 29.7. The van der Waals surface area contributed by atoms with Gasteiger partial charge in [-0.15, -0.1) is 0 Å². The molecule has 3 N–H and O–H groups in total. The normalized spacial score (nSPS) is 10.2. The highest BCUT2D eigenvalue weighted by atomic mass is 16.4. The van der Waals surface area contributed by atoms with Crippen LogP contribution >= 0.6 is 0 Å². The molecule has 6 heteroatoms. The fourth-order valence-corrected chi connectivity index (χ4v) is 1.67. The summed E-state index contributed by atoms with van der Waals surface area (Å²) in [5.74, 6) is -0.890. The molecule has 0 aliphatic heterocycles. The van der Waals surface area contributed by atoms with Crippen LogP contribution in [-0.2, 0) is 0 Å². The Labute approximate surface area is 109 Å². The Bertz CT molecular complexity index is 646. The molecule has 0 bridgehead atoms. The van der Waals surface area contributed by atoms with Crippen LogP contribution in [0.5, 0.6) is 0 Å². The number of nitrogens with one attached hydrogen (secondary N) is 2. The highest BCUT2D eigenvalue weighted by Gasteiger charge is 2.14. The monoisotopic (exact) mass is 259 g/mol. The van der Waals surface area contributed by atoms with E-state index in [1.807, 2.05) is 0 Å². The minimum absolute atomic E-state index is 0.0598. The maximum absolute atomic E-state index is 11.9. The van der Waals surface area contributed by atoms with Crippen LogP contribution in [-0.4, -0.2) is 27.0 Å². The first kappa shape index (κ1) is 12.8. The largest absolute Gasteiger partial charge is 0.478 e. The summed E-state index contributed by atoms with van der Waals surface area (Å²) in [6, 6.07) is 4.82. The summed E-state index contributed by atoms with van der Waals surface area (Å²) >= 11 is 0. The van der Waals surface area contributed by atoms with Crippen molar-refractivity contribution in [2.45, 2.75) is 13.8 Å². The van der Waals surface area contributed by atoms with E-state index in [1.165, 1.54) is 12.3 Å². The Morgan fingerprint density at radius 1 is 1.32 bits per heavy atom. The molecule has 0 spiro atoms. The molecule has 0 aliphatic carbocycles. The number of carboxylic acid groups (broad SMARTS) is 1. The van der Waals surface area contributed by atoms with E-state index >= 15 is 0 Å². The van der Waals surface area contributed by atoms with Gasteiger partial charge < -0.3 is 15.4 Å². The smallest absolute Gasteiger partial charge is 0.337 e. The number of aromatic carboxylic acids is 1. The van der Waals surface area contributed by atoms with Gasteiger partial charge in [0.2, 0.25) is 0 Å². The predicted octanol–water partition coefficient (Wildman–Crippen LogP) is 1.98. The fraction of sp³-hybridized carbons (Fsp3) is 0.154. The van der Waals surface area contributed by atoms with Gasteiger partial charge in [-0.2, -0.15) is 0 Å². The van der Waals surface area contributed by atoms with E-state index in [-0.39, 0.29) is 16.9 Å². The molecule has 0 atom stereocenters. The number of aromatic amines is 1. The lowest BCUT2D eigenvalue weighted by Gasteiger charge is -2.08. The second-order valence-corrected chi connectivity index (χ2v) is 4.19. The maximum atomic E-state index is 11.9. The van der Waals surface area contributed by atoms with Crippen molar-refractivity contribution >= 4 is 17.6 Å². The van der Waals surface area contributed by atoms with Gasteiger partial charge in [0.1, 0.15) is 11.5 Å². The molecule has 6 nitrogen and oxygen atoms in total. The quantitative estimate of drug-likeness (QED) is 0.785. The lowest BCUT2D eigenvalue weighted by atomic mass is 10.1. The van der Waals surface area contributed by atoms with E-state index < -0.39 is 11.9 Å². The summed E-state index contributed by atoms with van der Waals surface area (Å²) in [5, 5.41) is 11.7. The van der Waals surface area contributed by atoms with Crippen LogP contribution in [0.15, 0.2) is 24.4 Å². The number of rotatable bonds is 3. The molecule has 1 aromatic carbocycles. The number of nitrogens with zero attached hydrogens (tertiary/aromatic N) is 1. The molecule has 0 aliphatic rings. The van der Waals surface area contributed by atoms with Gasteiger partial charge in [0.15, 0.2) is 0 Å². The number of aromatic nitrogens is 2. The number of carbonyl (C=O) groups excluding carboxylic acids is 1. The van der Waals surface area contributed by atoms with Crippen LogP contribution in [0.3, 0.4) is 0 Å². The number of amides is 1. The molecule has 2 aromatic rings. The molecule has 0 saturated carbocycles. The molecule has 1 amide bonds. The summed E-state index contributed by atoms with van der Waals surface area (Å²) < 4.78 is 0. The van der Waals surface area contributed by atoms with E-state index in [2.05, 4.69) is 15.3 Å². The van der Waals surface area contributed by atoms with Crippen molar-refractivity contribution in [2.24, 2.45) is 0 Å². The molecule has 19 heavy (non-hydrogen) atoms. The van der Waals surface area contributed by atoms with Crippen molar-refractivity contribution in [3.8, 4) is 0 Å². The first-order valence-corrected chi connectivity index (χ1v) is 5.64. The zero-order valence-electron chi connectivity index (χ0n) is 10.5. The van der Waals surface area contributed by atoms with Gasteiger partial charge in [0.25, 0.3) is 5.91 Å². The van der Waals surface area contributed by atoms with Crippen molar-refractivity contribution in [1.82, 2.24) is 9.97 Å². The first-order chi connectivity index (χ1) is 8.97. The molecule has 2 rings (SSSR count). The standard InChI is InChI=1S/C13H13N3O3/c1-7-3-4-10(9(5-7)13(18)19)16-12(17)11-6-14-8(2)15-11/h3-6H,1-2H3,(H,14,15)(H,16,17)(H,18,19). The number of H-pyrrole nitrogens is 1. The van der Waals surface area contributed by atoms with Gasteiger partial charge in [-0.3, -0.25) is 4.79 Å². The third-order valence-electron chi connectivity index (χ3n) is 2.60. The zero-order valence-corrected chi connectivity index (χ0v) is 10.5. The van der Waals surface area contributed by atoms with E-state index in [1.54, 1.807) is 26.0 Å². The molecule has 0 radical (unpaired) electrons. The van der Waals surface area contributed by atoms with Crippen LogP contribution in [0.1, 0.15) is 32.2 Å². The average Bonchev–Trinajstić information content (AvgIpc) is 2.78. The van der Waals surface area contributed by atoms with Gasteiger partial charge in [0, 0.05) is 0 Å². The third-order valence-corrected chi connectivity index (χ3v) is 2.60. The molecule has 98 valence electrons. The van der Waals surface area contributed by atoms with Crippen LogP contribution in [0.4, 0.5) is 5.69 Å². The van der Waals surface area contributed by atoms with E-state index in [0.717, 1.165) is 5.56 Å². The van der Waals surface area contributed by atoms with Gasteiger partial charge in [0.05, 0.1) is 17.4 Å². The first-order valence-electron chi connectivity index (χ1n) is 5.64. The summed E-state index contributed by atoms with van der Waals surface area (Å²) in [6.07, 6.45) is 1.40. The highest BCUT2D eigenvalue weighted by molar-refractivity contribution is 6.06. The number of anilines is 1. The van der Waals surface area contributed by atoms with E-state index in [4.69, 9.17) is 5.11 Å². The molecule has 1 aromatic heterocycles. The topological polar surface area (TPSA) is 95.1 Å². The summed E-state index contributed by atoms with van der Waals surface area (Å²) in [7, 11) is 0. The predicted molar refractivity (Wildman–Crippen MR) is 69.4 cm³/mol. The SMILES string of the molecule is Cc1ccc(NC(=O)c2cnc(C)[nH]2)c(C(=O)O)c1. The van der Waals surface area contributed by atoms with Crippen LogP contribution in [0, 0.1) is 13.8 Å². The Kier molecular flexibility index (Phi) is 3.33. The molecule has 0 saturated heterocycles. The van der Waals surface area contributed by atoms with Crippen molar-refractivity contribution in [1.29, 1.82) is 0 Å². The molecule has 0 unspecified atom stereocenters. The number of aryl methyl sites for hydroxylation is 2. The molecular weight excluding hydrogens is 246 g/mol. The van der Waals surface area contributed by atoms with Crippen molar-refractivity contribution in [2.75, 3.05) is 5.32 Å². The van der Waals surface area contributed by atoms with Crippen LogP contribution < -0.4 is 5.32 Å². The van der Waals surface area contributed by atoms with Crippen molar-refractivity contribution < 1.29 is 14.7 Å². The van der Waals surface area contributed by atoms with Crippen molar-refractivity contribution in [3.05, 3.63) is 47.0 Å². The van der Waals surface area contributed by atoms with Crippen molar-refractivity contribution in [3.63, 3.8) is 0 Å². The Morgan fingerprint density at radius 2 is 2.05 bits per heavy atom. The Morgan fingerprint density at radius 3 is 2.63 bits per heavy atom. The summed E-state index contributed by atoms with van der Waals surface area (Å²) in [5.41, 5.74) is 1.42. The highest BCUT2D eigenvalue weighted by Crippen LogP contribution is 2.18. The molecule has 1 heterocycles. The number of imidazole rings is 1. The van der Waals surface area contributed by atoms with Crippen LogP contribution in [0.25, 0.3) is 0 Å². The summed E-state index contributed by atoms with van der Waals surface area (Å²) in [6.45, 7) is 3.52. The number of carbonyl (C=O) groups is 2. The maximum Gasteiger partial charge on any atom is 0.337 e. The Balaban J connectivity index is 2.28.